The largest absolute Gasteiger partial charge is 0.335 e. The SMILES string of the molecule is CC(=O)Nc1cc(C(=O)N(C)Cc2cccs2)nn1-c1ccccc1. The Bertz CT molecular complexity index is 872. The van der Waals surface area contributed by atoms with Crippen LogP contribution in [0.25, 0.3) is 5.69 Å². The predicted octanol–water partition coefficient (Wildman–Crippen LogP) is 3.16. The molecule has 0 fully saturated rings. The zero-order chi connectivity index (χ0) is 17.8. The van der Waals surface area contributed by atoms with Crippen LogP contribution < -0.4 is 5.32 Å². The Labute approximate surface area is 149 Å². The number of amides is 2. The highest BCUT2D eigenvalue weighted by molar-refractivity contribution is 7.09. The average Bonchev–Trinajstić information content (AvgIpc) is 3.24. The summed E-state index contributed by atoms with van der Waals surface area (Å²) in [5.41, 5.74) is 1.05. The Morgan fingerprint density at radius 2 is 1.96 bits per heavy atom. The quantitative estimate of drug-likeness (QED) is 0.765. The normalized spacial score (nSPS) is 10.5. The molecule has 0 spiro atoms. The highest BCUT2D eigenvalue weighted by Crippen LogP contribution is 2.19. The summed E-state index contributed by atoms with van der Waals surface area (Å²) in [4.78, 5) is 26.9. The minimum atomic E-state index is -0.219. The molecule has 7 heteroatoms. The average molecular weight is 354 g/mol. The Balaban J connectivity index is 1.89. The van der Waals surface area contributed by atoms with E-state index in [0.717, 1.165) is 10.6 Å². The molecule has 0 aliphatic carbocycles. The molecular weight excluding hydrogens is 336 g/mol. The van der Waals surface area contributed by atoms with Crippen LogP contribution in [-0.2, 0) is 11.3 Å². The first-order valence-electron chi connectivity index (χ1n) is 7.75. The standard InChI is InChI=1S/C18H18N4O2S/c1-13(23)19-17-11-16(20-22(17)14-7-4-3-5-8-14)18(24)21(2)12-15-9-6-10-25-15/h3-11H,12H2,1-2H3,(H,19,23). The third kappa shape index (κ3) is 3.95. The Morgan fingerprint density at radius 3 is 2.60 bits per heavy atom. The molecule has 0 aliphatic rings. The lowest BCUT2D eigenvalue weighted by molar-refractivity contribution is -0.114. The molecule has 0 aliphatic heterocycles. The molecule has 3 aromatic rings. The zero-order valence-corrected chi connectivity index (χ0v) is 14.8. The number of para-hydroxylation sites is 1. The second-order valence-electron chi connectivity index (χ2n) is 5.58. The van der Waals surface area contributed by atoms with E-state index in [2.05, 4.69) is 10.4 Å². The maximum atomic E-state index is 12.7. The molecule has 25 heavy (non-hydrogen) atoms. The van der Waals surface area contributed by atoms with Crippen LogP contribution in [0, 0.1) is 0 Å². The second-order valence-corrected chi connectivity index (χ2v) is 6.62. The molecule has 1 N–H and O–H groups in total. The van der Waals surface area contributed by atoms with Gasteiger partial charge in [0.15, 0.2) is 5.69 Å². The number of hydrogen-bond donors (Lipinski definition) is 1. The van der Waals surface area contributed by atoms with E-state index in [0.29, 0.717) is 12.4 Å². The van der Waals surface area contributed by atoms with Crippen molar-refractivity contribution in [2.75, 3.05) is 12.4 Å². The third-order valence-electron chi connectivity index (χ3n) is 3.55. The lowest BCUT2D eigenvalue weighted by atomic mass is 10.3. The summed E-state index contributed by atoms with van der Waals surface area (Å²) >= 11 is 1.60. The van der Waals surface area contributed by atoms with E-state index in [1.807, 2.05) is 47.8 Å². The van der Waals surface area contributed by atoms with Crippen molar-refractivity contribution in [3.63, 3.8) is 0 Å². The number of benzene rings is 1. The molecule has 1 aromatic carbocycles. The predicted molar refractivity (Wildman–Crippen MR) is 98.0 cm³/mol. The van der Waals surface area contributed by atoms with E-state index >= 15 is 0 Å². The number of rotatable bonds is 5. The molecule has 3 rings (SSSR count). The van der Waals surface area contributed by atoms with Crippen molar-refractivity contribution in [1.82, 2.24) is 14.7 Å². The minimum absolute atomic E-state index is 0.199. The molecule has 2 amide bonds. The van der Waals surface area contributed by atoms with Crippen LogP contribution in [-0.4, -0.2) is 33.5 Å². The summed E-state index contributed by atoms with van der Waals surface area (Å²) in [6.45, 7) is 1.94. The highest BCUT2D eigenvalue weighted by Gasteiger charge is 2.19. The molecule has 0 bridgehead atoms. The van der Waals surface area contributed by atoms with Gasteiger partial charge in [0.05, 0.1) is 12.2 Å². The van der Waals surface area contributed by atoms with Gasteiger partial charge in [-0.05, 0) is 23.6 Å². The Morgan fingerprint density at radius 1 is 1.20 bits per heavy atom. The van der Waals surface area contributed by atoms with Crippen molar-refractivity contribution < 1.29 is 9.59 Å². The van der Waals surface area contributed by atoms with Gasteiger partial charge in [0.1, 0.15) is 5.82 Å². The van der Waals surface area contributed by atoms with Gasteiger partial charge in [-0.15, -0.1) is 11.3 Å². The summed E-state index contributed by atoms with van der Waals surface area (Å²) < 4.78 is 1.56. The fraction of sp³-hybridized carbons (Fsp3) is 0.167. The van der Waals surface area contributed by atoms with E-state index in [1.54, 1.807) is 34.0 Å². The first-order chi connectivity index (χ1) is 12.0. The van der Waals surface area contributed by atoms with Crippen LogP contribution in [0.15, 0.2) is 53.9 Å². The number of carbonyl (C=O) groups excluding carboxylic acids is 2. The van der Waals surface area contributed by atoms with Crippen molar-refractivity contribution in [2.45, 2.75) is 13.5 Å². The van der Waals surface area contributed by atoms with Crippen LogP contribution in [0.1, 0.15) is 22.3 Å². The van der Waals surface area contributed by atoms with Crippen LogP contribution in [0.4, 0.5) is 5.82 Å². The number of hydrogen-bond acceptors (Lipinski definition) is 4. The van der Waals surface area contributed by atoms with Crippen LogP contribution in [0.3, 0.4) is 0 Å². The fourth-order valence-electron chi connectivity index (χ4n) is 2.42. The molecule has 0 unspecified atom stereocenters. The van der Waals surface area contributed by atoms with Crippen LogP contribution in [0.5, 0.6) is 0 Å². The molecule has 128 valence electrons. The summed E-state index contributed by atoms with van der Waals surface area (Å²) in [6.07, 6.45) is 0. The van der Waals surface area contributed by atoms with E-state index in [-0.39, 0.29) is 17.5 Å². The minimum Gasteiger partial charge on any atom is -0.335 e. The number of nitrogens with one attached hydrogen (secondary N) is 1. The monoisotopic (exact) mass is 354 g/mol. The van der Waals surface area contributed by atoms with Crippen molar-refractivity contribution in [1.29, 1.82) is 0 Å². The number of anilines is 1. The zero-order valence-electron chi connectivity index (χ0n) is 14.0. The molecule has 0 saturated heterocycles. The van der Waals surface area contributed by atoms with Crippen molar-refractivity contribution in [3.05, 3.63) is 64.5 Å². The summed E-state index contributed by atoms with van der Waals surface area (Å²) in [5.74, 6) is 0.0456. The van der Waals surface area contributed by atoms with Gasteiger partial charge in [-0.3, -0.25) is 9.59 Å². The number of thiophene rings is 1. The van der Waals surface area contributed by atoms with Gasteiger partial charge in [0.25, 0.3) is 5.91 Å². The Hall–Kier alpha value is -2.93. The lowest BCUT2D eigenvalue weighted by Gasteiger charge is -2.14. The molecule has 0 atom stereocenters. The van der Waals surface area contributed by atoms with E-state index < -0.39 is 0 Å². The first kappa shape index (κ1) is 16.9. The molecule has 2 aromatic heterocycles. The van der Waals surface area contributed by atoms with E-state index in [9.17, 15) is 9.59 Å². The number of carbonyl (C=O) groups is 2. The van der Waals surface area contributed by atoms with Gasteiger partial charge < -0.3 is 10.2 Å². The Kier molecular flexibility index (Phi) is 4.95. The topological polar surface area (TPSA) is 67.2 Å². The highest BCUT2D eigenvalue weighted by atomic mass is 32.1. The lowest BCUT2D eigenvalue weighted by Crippen LogP contribution is -2.26. The maximum absolute atomic E-state index is 12.7. The van der Waals surface area contributed by atoms with Crippen molar-refractivity contribution in [2.24, 2.45) is 0 Å². The summed E-state index contributed by atoms with van der Waals surface area (Å²) in [7, 11) is 1.74. The van der Waals surface area contributed by atoms with Gasteiger partial charge in [-0.25, -0.2) is 4.68 Å². The third-order valence-corrected chi connectivity index (χ3v) is 4.41. The van der Waals surface area contributed by atoms with Crippen molar-refractivity contribution >= 4 is 29.0 Å². The number of nitrogens with zero attached hydrogens (tertiary/aromatic N) is 3. The van der Waals surface area contributed by atoms with Gasteiger partial charge in [-0.1, -0.05) is 24.3 Å². The van der Waals surface area contributed by atoms with Crippen molar-refractivity contribution in [3.8, 4) is 5.69 Å². The van der Waals surface area contributed by atoms with Crippen LogP contribution >= 0.6 is 11.3 Å². The van der Waals surface area contributed by atoms with Gasteiger partial charge in [-0.2, -0.15) is 5.10 Å². The van der Waals surface area contributed by atoms with Gasteiger partial charge in [0, 0.05) is 24.9 Å². The van der Waals surface area contributed by atoms with E-state index in [4.69, 9.17) is 0 Å². The molecule has 6 nitrogen and oxygen atoms in total. The molecule has 0 radical (unpaired) electrons. The first-order valence-corrected chi connectivity index (χ1v) is 8.63. The fourth-order valence-corrected chi connectivity index (χ4v) is 3.18. The van der Waals surface area contributed by atoms with Crippen LogP contribution in [0.2, 0.25) is 0 Å². The molecule has 0 saturated carbocycles. The number of aromatic nitrogens is 2. The smallest absolute Gasteiger partial charge is 0.274 e. The summed E-state index contributed by atoms with van der Waals surface area (Å²) in [6, 6.07) is 14.9. The summed E-state index contributed by atoms with van der Waals surface area (Å²) in [5, 5.41) is 9.10. The van der Waals surface area contributed by atoms with Gasteiger partial charge >= 0.3 is 0 Å². The second kappa shape index (κ2) is 7.31. The molecular formula is C18H18N4O2S. The van der Waals surface area contributed by atoms with E-state index in [1.165, 1.54) is 6.92 Å². The van der Waals surface area contributed by atoms with Gasteiger partial charge in [0.2, 0.25) is 5.91 Å². The maximum Gasteiger partial charge on any atom is 0.274 e. The molecule has 2 heterocycles.